The van der Waals surface area contributed by atoms with Crippen molar-refractivity contribution in [2.75, 3.05) is 5.75 Å². The van der Waals surface area contributed by atoms with Crippen LogP contribution in [0.15, 0.2) is 106 Å². The highest BCUT2D eigenvalue weighted by Gasteiger charge is 2.55. The Morgan fingerprint density at radius 2 is 1.63 bits per heavy atom. The number of aromatic nitrogens is 1. The number of thiazole rings is 1. The number of ether oxygens (including phenoxy) is 1. The highest BCUT2D eigenvalue weighted by Crippen LogP contribution is 2.48. The van der Waals surface area contributed by atoms with Crippen molar-refractivity contribution in [3.8, 4) is 0 Å². The molecule has 1 fully saturated rings. The molecule has 0 radical (unpaired) electrons. The van der Waals surface area contributed by atoms with Gasteiger partial charge < -0.3 is 15.2 Å². The average Bonchev–Trinajstić information content (AvgIpc) is 3.54. The maximum atomic E-state index is 14.4. The van der Waals surface area contributed by atoms with E-state index in [1.54, 1.807) is 0 Å². The number of carbonyl (C=O) groups excluding carboxylic acids is 3. The fraction of sp³-hybridized carbons (Fsp3) is 0.270. The van der Waals surface area contributed by atoms with Gasteiger partial charge in [-0.05, 0) is 36.0 Å². The molecule has 0 saturated carbocycles. The first kappa shape index (κ1) is 33.1. The molecule has 0 bridgehead atoms. The van der Waals surface area contributed by atoms with Gasteiger partial charge in [0.1, 0.15) is 17.1 Å². The maximum absolute atomic E-state index is 14.4. The van der Waals surface area contributed by atoms with Gasteiger partial charge >= 0.3 is 11.9 Å². The highest BCUT2D eigenvalue weighted by molar-refractivity contribution is 8.07. The Bertz CT molecular complexity index is 1860. The first-order valence-corrected chi connectivity index (χ1v) is 18.7. The Balaban J connectivity index is 1.19. The summed E-state index contributed by atoms with van der Waals surface area (Å²) in [5.41, 5.74) is 3.39. The average molecular weight is 712 g/mol. The lowest BCUT2D eigenvalue weighted by Gasteiger charge is -2.49. The van der Waals surface area contributed by atoms with Gasteiger partial charge in [0.15, 0.2) is 10.4 Å². The predicted molar refractivity (Wildman–Crippen MR) is 189 cm³/mol. The second-order valence-corrected chi connectivity index (χ2v) is 15.6. The minimum absolute atomic E-state index is 0.0265. The minimum Gasteiger partial charge on any atom is -0.481 e. The van der Waals surface area contributed by atoms with E-state index >= 15 is 0 Å². The van der Waals surface area contributed by atoms with Gasteiger partial charge in [-0.15, -0.1) is 23.1 Å². The molecule has 3 atom stereocenters. The Labute approximate surface area is 296 Å². The van der Waals surface area contributed by atoms with Gasteiger partial charge in [0, 0.05) is 21.5 Å². The number of esters is 1. The zero-order chi connectivity index (χ0) is 33.9. The van der Waals surface area contributed by atoms with Crippen LogP contribution in [0.2, 0.25) is 0 Å². The van der Waals surface area contributed by atoms with E-state index in [0.29, 0.717) is 15.0 Å². The number of amides is 2. The molecule has 2 N–H and O–H groups in total. The lowest BCUT2D eigenvalue weighted by molar-refractivity contribution is -0.154. The number of aliphatic carboxylic acids is 1. The van der Waals surface area contributed by atoms with Crippen LogP contribution in [0.4, 0.5) is 0 Å². The number of hydrogen-bond acceptors (Lipinski definition) is 9. The second kappa shape index (κ2) is 14.6. The summed E-state index contributed by atoms with van der Waals surface area (Å²) >= 11 is 4.32. The smallest absolute Gasteiger partial charge is 0.356 e. The normalized spacial score (nSPS) is 19.9. The Hall–Kier alpha value is -4.39. The number of carboxylic acid groups (broad SMARTS) is 1. The third-order valence-corrected chi connectivity index (χ3v) is 12.5. The van der Waals surface area contributed by atoms with E-state index in [2.05, 4.69) is 5.32 Å². The molecule has 1 saturated heterocycles. The number of β-lactam (4-membered cyclic amide) rings is 1. The molecule has 2 amide bonds. The van der Waals surface area contributed by atoms with Crippen molar-refractivity contribution >= 4 is 58.6 Å². The molecule has 49 heavy (non-hydrogen) atoms. The van der Waals surface area contributed by atoms with Gasteiger partial charge in [0.2, 0.25) is 5.91 Å². The standard InChI is InChI=1S/C37H33N3O6S3/c41-28(19-22-11-4-1-5-12-22)38-31-34(44)40-32(36(45)46-33(23-13-6-2-7-14-23)24-15-8-3-9-16-24)27(21-47-35(31)40)49-37-39-30-25(20-29(42)43)17-10-18-26(30)48-37/h1-9,11-16,25,31,33,35H,10,17-21H2,(H,38,41)(H,42,43)/t25?,31-,35-/m1/s1. The molecule has 1 aliphatic carbocycles. The quantitative estimate of drug-likeness (QED) is 0.136. The Morgan fingerprint density at radius 3 is 2.29 bits per heavy atom. The fourth-order valence-electron chi connectivity index (χ4n) is 6.46. The number of nitrogens with zero attached hydrogens (tertiary/aromatic N) is 2. The first-order valence-electron chi connectivity index (χ1n) is 16.1. The molecule has 0 spiro atoms. The van der Waals surface area contributed by atoms with Gasteiger partial charge in [-0.3, -0.25) is 19.3 Å². The van der Waals surface area contributed by atoms with E-state index in [1.165, 1.54) is 39.8 Å². The second-order valence-electron chi connectivity index (χ2n) is 12.1. The Morgan fingerprint density at radius 1 is 0.980 bits per heavy atom. The van der Waals surface area contributed by atoms with E-state index in [4.69, 9.17) is 9.72 Å². The van der Waals surface area contributed by atoms with Crippen molar-refractivity contribution in [2.24, 2.45) is 0 Å². The van der Waals surface area contributed by atoms with Gasteiger partial charge in [-0.25, -0.2) is 9.78 Å². The number of rotatable bonds is 11. The zero-order valence-corrected chi connectivity index (χ0v) is 28.8. The van der Waals surface area contributed by atoms with Crippen LogP contribution in [0, 0.1) is 0 Å². The summed E-state index contributed by atoms with van der Waals surface area (Å²) in [4.78, 5) is 60.7. The lowest BCUT2D eigenvalue weighted by Crippen LogP contribution is -2.70. The number of aryl methyl sites for hydroxylation is 1. The molecule has 9 nitrogen and oxygen atoms in total. The molecule has 3 aliphatic rings. The van der Waals surface area contributed by atoms with Crippen LogP contribution < -0.4 is 5.32 Å². The number of carbonyl (C=O) groups is 4. The fourth-order valence-corrected chi connectivity index (χ4v) is 10.4. The number of thioether (sulfide) groups is 2. The van der Waals surface area contributed by atoms with Crippen molar-refractivity contribution in [3.63, 3.8) is 0 Å². The Kier molecular flexibility index (Phi) is 9.88. The molecule has 4 aromatic rings. The van der Waals surface area contributed by atoms with Gasteiger partial charge in [-0.2, -0.15) is 0 Å². The summed E-state index contributed by atoms with van der Waals surface area (Å²) in [6, 6.07) is 27.5. The van der Waals surface area contributed by atoms with E-state index in [-0.39, 0.29) is 36.3 Å². The lowest BCUT2D eigenvalue weighted by atomic mass is 9.89. The third-order valence-electron chi connectivity index (χ3n) is 8.76. The third kappa shape index (κ3) is 7.17. The highest BCUT2D eigenvalue weighted by atomic mass is 32.2. The van der Waals surface area contributed by atoms with E-state index in [0.717, 1.165) is 46.5 Å². The van der Waals surface area contributed by atoms with Crippen molar-refractivity contribution in [1.29, 1.82) is 0 Å². The summed E-state index contributed by atoms with van der Waals surface area (Å²) in [6.45, 7) is 0. The van der Waals surface area contributed by atoms with Gasteiger partial charge in [-0.1, -0.05) is 103 Å². The van der Waals surface area contributed by atoms with Gasteiger partial charge in [0.05, 0.1) is 18.5 Å². The first-order chi connectivity index (χ1) is 23.9. The van der Waals surface area contributed by atoms with Crippen LogP contribution in [-0.4, -0.2) is 55.9 Å². The molecule has 7 rings (SSSR count). The summed E-state index contributed by atoms with van der Waals surface area (Å²) in [5.74, 6) is -1.88. The van der Waals surface area contributed by atoms with E-state index in [1.807, 2.05) is 91.0 Å². The molecular formula is C37H33N3O6S3. The predicted octanol–water partition coefficient (Wildman–Crippen LogP) is 6.32. The molecule has 3 aromatic carbocycles. The molecule has 12 heteroatoms. The molecule has 2 aliphatic heterocycles. The van der Waals surface area contributed by atoms with Crippen LogP contribution in [0.5, 0.6) is 0 Å². The number of hydrogen-bond donors (Lipinski definition) is 2. The summed E-state index contributed by atoms with van der Waals surface area (Å²) in [7, 11) is 0. The van der Waals surface area contributed by atoms with Gasteiger partial charge in [0.25, 0.3) is 5.91 Å². The number of fused-ring (bicyclic) bond motifs is 2. The summed E-state index contributed by atoms with van der Waals surface area (Å²) in [5, 5.41) is 11.9. The van der Waals surface area contributed by atoms with Crippen LogP contribution in [0.3, 0.4) is 0 Å². The largest absolute Gasteiger partial charge is 0.481 e. The van der Waals surface area contributed by atoms with E-state index in [9.17, 15) is 24.3 Å². The summed E-state index contributed by atoms with van der Waals surface area (Å²) < 4.78 is 6.98. The van der Waals surface area contributed by atoms with Crippen LogP contribution >= 0.6 is 34.9 Å². The molecular weight excluding hydrogens is 679 g/mol. The van der Waals surface area contributed by atoms with Crippen LogP contribution in [-0.2, 0) is 36.8 Å². The topological polar surface area (TPSA) is 126 Å². The van der Waals surface area contributed by atoms with Crippen LogP contribution in [0.25, 0.3) is 0 Å². The molecule has 1 aromatic heterocycles. The number of benzene rings is 3. The SMILES string of the molecule is O=C(O)CC1CCCc2sc(SC3=C(C(=O)OC(c4ccccc4)c4ccccc4)N4C(=O)[C@@H](NC(=O)Cc5ccccc5)[C@H]4SC3)nc21. The minimum atomic E-state index is -0.851. The van der Waals surface area contributed by atoms with E-state index < -0.39 is 29.5 Å². The van der Waals surface area contributed by atoms with Crippen molar-refractivity contribution in [3.05, 3.63) is 129 Å². The number of carboxylic acids is 1. The maximum Gasteiger partial charge on any atom is 0.356 e. The zero-order valence-electron chi connectivity index (χ0n) is 26.3. The monoisotopic (exact) mass is 711 g/mol. The number of nitrogens with one attached hydrogen (secondary N) is 1. The van der Waals surface area contributed by atoms with Crippen molar-refractivity contribution < 1.29 is 29.0 Å². The molecule has 3 heterocycles. The van der Waals surface area contributed by atoms with Crippen molar-refractivity contribution in [2.45, 2.75) is 59.9 Å². The van der Waals surface area contributed by atoms with Crippen LogP contribution in [0.1, 0.15) is 58.5 Å². The summed E-state index contributed by atoms with van der Waals surface area (Å²) in [6.07, 6.45) is 1.95. The van der Waals surface area contributed by atoms with Crippen molar-refractivity contribution in [1.82, 2.24) is 15.2 Å². The molecule has 1 unspecified atom stereocenters. The molecule has 250 valence electrons.